The molecule has 1 rings (SSSR count). The summed E-state index contributed by atoms with van der Waals surface area (Å²) in [6.07, 6.45) is 0.494. The minimum Gasteiger partial charge on any atom is -0.481 e. The predicted molar refractivity (Wildman–Crippen MR) is 65.8 cm³/mol. The van der Waals surface area contributed by atoms with Gasteiger partial charge in [-0.15, -0.1) is 0 Å². The van der Waals surface area contributed by atoms with E-state index < -0.39 is 5.97 Å². The molecule has 3 N–H and O–H groups in total. The molecule has 1 atom stereocenters. The Labute approximate surface area is 101 Å². The molecule has 0 aliphatic carbocycles. The molecule has 1 aromatic rings. The Kier molecular flexibility index (Phi) is 5.66. The van der Waals surface area contributed by atoms with Crippen molar-refractivity contribution in [3.05, 3.63) is 35.4 Å². The van der Waals surface area contributed by atoms with Crippen molar-refractivity contribution in [3.8, 4) is 0 Å². The highest BCUT2D eigenvalue weighted by atomic mass is 16.4. The minimum atomic E-state index is -0.818. The van der Waals surface area contributed by atoms with Crippen molar-refractivity contribution in [2.75, 3.05) is 6.54 Å². The molecule has 4 nitrogen and oxygen atoms in total. The van der Waals surface area contributed by atoms with Crippen LogP contribution >= 0.6 is 0 Å². The molecule has 4 heteroatoms. The summed E-state index contributed by atoms with van der Waals surface area (Å²) in [7, 11) is 0. The number of benzene rings is 1. The molecule has 1 aromatic carbocycles. The van der Waals surface area contributed by atoms with Crippen LogP contribution in [0.5, 0.6) is 0 Å². The third kappa shape index (κ3) is 5.47. The summed E-state index contributed by atoms with van der Waals surface area (Å²) >= 11 is 0. The highest BCUT2D eigenvalue weighted by molar-refractivity contribution is 5.70. The van der Waals surface area contributed by atoms with Gasteiger partial charge in [-0.3, -0.25) is 4.79 Å². The molecule has 0 saturated heterocycles. The second kappa shape index (κ2) is 7.04. The highest BCUT2D eigenvalue weighted by Gasteiger charge is 2.01. The lowest BCUT2D eigenvalue weighted by atomic mass is 10.1. The normalized spacial score (nSPS) is 12.4. The number of aliphatic hydroxyl groups is 1. The van der Waals surface area contributed by atoms with E-state index in [0.717, 1.165) is 17.5 Å². The average Bonchev–Trinajstić information content (AvgIpc) is 2.30. The molecule has 0 amide bonds. The number of hydrogen-bond donors (Lipinski definition) is 3. The van der Waals surface area contributed by atoms with Crippen LogP contribution in [0.2, 0.25) is 0 Å². The van der Waals surface area contributed by atoms with E-state index in [-0.39, 0.29) is 12.5 Å². The van der Waals surface area contributed by atoms with Gasteiger partial charge in [-0.2, -0.15) is 0 Å². The molecular formula is C13H19NO3. The van der Waals surface area contributed by atoms with Gasteiger partial charge in [-0.25, -0.2) is 0 Å². The summed E-state index contributed by atoms with van der Waals surface area (Å²) in [6.45, 7) is 3.20. The molecular weight excluding hydrogens is 218 g/mol. The highest BCUT2D eigenvalue weighted by Crippen LogP contribution is 2.05. The molecule has 0 aliphatic heterocycles. The predicted octanol–water partition coefficient (Wildman–Crippen LogP) is 1.17. The molecule has 0 spiro atoms. The Morgan fingerprint density at radius 2 is 1.88 bits per heavy atom. The molecule has 17 heavy (non-hydrogen) atoms. The number of aliphatic carboxylic acids is 1. The molecule has 0 aromatic heterocycles. The number of carboxylic acids is 1. The van der Waals surface area contributed by atoms with Gasteiger partial charge in [0.15, 0.2) is 0 Å². The van der Waals surface area contributed by atoms with Crippen LogP contribution in [0.15, 0.2) is 24.3 Å². The van der Waals surface area contributed by atoms with Crippen LogP contribution in [-0.4, -0.2) is 28.8 Å². The first kappa shape index (κ1) is 13.7. The fourth-order valence-corrected chi connectivity index (χ4v) is 1.48. The minimum absolute atomic E-state index is 0.0578. The van der Waals surface area contributed by atoms with Gasteiger partial charge in [0, 0.05) is 13.1 Å². The van der Waals surface area contributed by atoms with Crippen molar-refractivity contribution in [3.63, 3.8) is 0 Å². The van der Waals surface area contributed by atoms with E-state index in [4.69, 9.17) is 5.11 Å². The lowest BCUT2D eigenvalue weighted by Crippen LogP contribution is -2.25. The number of hydrogen-bond acceptors (Lipinski definition) is 3. The van der Waals surface area contributed by atoms with Gasteiger partial charge >= 0.3 is 5.97 Å². The second-order valence-corrected chi connectivity index (χ2v) is 4.08. The molecule has 0 bridgehead atoms. The summed E-state index contributed by atoms with van der Waals surface area (Å²) in [5, 5.41) is 21.1. The van der Waals surface area contributed by atoms with E-state index >= 15 is 0 Å². The first-order valence-electron chi connectivity index (χ1n) is 5.80. The maximum atomic E-state index is 10.5. The Morgan fingerprint density at radius 3 is 2.41 bits per heavy atom. The van der Waals surface area contributed by atoms with Crippen molar-refractivity contribution in [2.24, 2.45) is 0 Å². The van der Waals surface area contributed by atoms with Gasteiger partial charge in [0.25, 0.3) is 0 Å². The zero-order valence-electron chi connectivity index (χ0n) is 10.0. The van der Waals surface area contributed by atoms with E-state index in [2.05, 4.69) is 5.32 Å². The van der Waals surface area contributed by atoms with Crippen molar-refractivity contribution in [1.29, 1.82) is 0 Å². The van der Waals surface area contributed by atoms with Gasteiger partial charge < -0.3 is 15.5 Å². The van der Waals surface area contributed by atoms with E-state index in [9.17, 15) is 9.90 Å². The van der Waals surface area contributed by atoms with E-state index in [1.54, 1.807) is 0 Å². The van der Waals surface area contributed by atoms with Crippen LogP contribution in [0.3, 0.4) is 0 Å². The number of carbonyl (C=O) groups is 1. The molecule has 94 valence electrons. The van der Waals surface area contributed by atoms with Crippen molar-refractivity contribution < 1.29 is 15.0 Å². The number of carboxylic acid groups (broad SMARTS) is 1. The van der Waals surface area contributed by atoms with E-state index in [1.807, 2.05) is 31.2 Å². The van der Waals surface area contributed by atoms with Crippen molar-refractivity contribution in [1.82, 2.24) is 5.32 Å². The van der Waals surface area contributed by atoms with Gasteiger partial charge in [-0.1, -0.05) is 31.2 Å². The Morgan fingerprint density at radius 1 is 1.29 bits per heavy atom. The van der Waals surface area contributed by atoms with Gasteiger partial charge in [-0.05, 0) is 17.5 Å². The zero-order valence-corrected chi connectivity index (χ0v) is 10.0. The maximum Gasteiger partial charge on any atom is 0.307 e. The van der Waals surface area contributed by atoms with Crippen LogP contribution in [0.1, 0.15) is 24.5 Å². The third-order valence-electron chi connectivity index (χ3n) is 2.56. The largest absolute Gasteiger partial charge is 0.481 e. The SMILES string of the molecule is CCC(O)CNCc1ccc(CC(=O)O)cc1. The van der Waals surface area contributed by atoms with Crippen LogP contribution in [0, 0.1) is 0 Å². The van der Waals surface area contributed by atoms with Gasteiger partial charge in [0.05, 0.1) is 12.5 Å². The number of aliphatic hydroxyl groups excluding tert-OH is 1. The average molecular weight is 237 g/mol. The van der Waals surface area contributed by atoms with Crippen LogP contribution < -0.4 is 5.32 Å². The maximum absolute atomic E-state index is 10.5. The monoisotopic (exact) mass is 237 g/mol. The lowest BCUT2D eigenvalue weighted by Gasteiger charge is -2.09. The molecule has 0 heterocycles. The fourth-order valence-electron chi connectivity index (χ4n) is 1.48. The van der Waals surface area contributed by atoms with Crippen molar-refractivity contribution >= 4 is 5.97 Å². The van der Waals surface area contributed by atoms with E-state index in [1.165, 1.54) is 0 Å². The van der Waals surface area contributed by atoms with Crippen molar-refractivity contribution in [2.45, 2.75) is 32.4 Å². The molecule has 0 fully saturated rings. The Hall–Kier alpha value is -1.39. The van der Waals surface area contributed by atoms with Gasteiger partial charge in [0.1, 0.15) is 0 Å². The van der Waals surface area contributed by atoms with Crippen LogP contribution in [-0.2, 0) is 17.8 Å². The second-order valence-electron chi connectivity index (χ2n) is 4.08. The lowest BCUT2D eigenvalue weighted by molar-refractivity contribution is -0.136. The molecule has 0 saturated carbocycles. The zero-order chi connectivity index (χ0) is 12.7. The Balaban J connectivity index is 2.37. The summed E-state index contributed by atoms with van der Waals surface area (Å²) in [5.41, 5.74) is 1.89. The van der Waals surface area contributed by atoms with E-state index in [0.29, 0.717) is 13.1 Å². The smallest absolute Gasteiger partial charge is 0.307 e. The summed E-state index contributed by atoms with van der Waals surface area (Å²) < 4.78 is 0. The molecule has 0 radical (unpaired) electrons. The van der Waals surface area contributed by atoms with Gasteiger partial charge in [0.2, 0.25) is 0 Å². The first-order chi connectivity index (χ1) is 8.11. The summed E-state index contributed by atoms with van der Waals surface area (Å²) in [4.78, 5) is 10.5. The van der Waals surface area contributed by atoms with Crippen LogP contribution in [0.25, 0.3) is 0 Å². The molecule has 1 unspecified atom stereocenters. The first-order valence-corrected chi connectivity index (χ1v) is 5.80. The topological polar surface area (TPSA) is 69.6 Å². The number of rotatable bonds is 7. The standard InChI is InChI=1S/C13H19NO3/c1-2-12(15)9-14-8-11-5-3-10(4-6-11)7-13(16)17/h3-6,12,14-15H,2,7-9H2,1H3,(H,16,17). The summed E-state index contributed by atoms with van der Waals surface area (Å²) in [6, 6.07) is 7.45. The Bertz CT molecular complexity index is 348. The fraction of sp³-hybridized carbons (Fsp3) is 0.462. The van der Waals surface area contributed by atoms with Crippen LogP contribution in [0.4, 0.5) is 0 Å². The third-order valence-corrected chi connectivity index (χ3v) is 2.56. The quantitative estimate of drug-likeness (QED) is 0.666. The number of nitrogens with one attached hydrogen (secondary N) is 1. The summed E-state index contributed by atoms with van der Waals surface area (Å²) in [5.74, 6) is -0.818. The molecule has 0 aliphatic rings.